The van der Waals surface area contributed by atoms with E-state index in [9.17, 15) is 18.7 Å². The summed E-state index contributed by atoms with van der Waals surface area (Å²) in [5.74, 6) is -1.20. The standard InChI is InChI=1S/C17H22F2N2O4/c1-20(2)13-5-4-12(16(22)23)9-21(10-13)8-11-3-6-14-15(7-11)25-17(18,19)24-14/h3,6-7,12-13H,4-5,8-10H2,1-2H3,(H,22,23)/t12-,13+/m0/s1. The number of alkyl halides is 2. The maximum absolute atomic E-state index is 13.1. The molecule has 1 fully saturated rings. The maximum Gasteiger partial charge on any atom is 0.586 e. The zero-order chi connectivity index (χ0) is 18.2. The molecule has 0 aromatic heterocycles. The van der Waals surface area contributed by atoms with Crippen LogP contribution in [0.3, 0.4) is 0 Å². The lowest BCUT2D eigenvalue weighted by atomic mass is 10.0. The Morgan fingerprint density at radius 2 is 2.00 bits per heavy atom. The second-order valence-corrected chi connectivity index (χ2v) is 6.87. The summed E-state index contributed by atoms with van der Waals surface area (Å²) in [5.41, 5.74) is 0.781. The molecule has 0 spiro atoms. The largest absolute Gasteiger partial charge is 0.586 e. The van der Waals surface area contributed by atoms with Crippen molar-refractivity contribution in [2.24, 2.45) is 5.92 Å². The Labute approximate surface area is 144 Å². The highest BCUT2D eigenvalue weighted by molar-refractivity contribution is 5.70. The van der Waals surface area contributed by atoms with Crippen LogP contribution < -0.4 is 9.47 Å². The molecule has 1 saturated heterocycles. The van der Waals surface area contributed by atoms with Crippen LogP contribution in [0.2, 0.25) is 0 Å². The molecule has 1 aromatic carbocycles. The number of ether oxygens (including phenoxy) is 2. The molecule has 2 aliphatic rings. The first kappa shape index (κ1) is 17.9. The third-order valence-electron chi connectivity index (χ3n) is 4.75. The van der Waals surface area contributed by atoms with Gasteiger partial charge in [-0.2, -0.15) is 0 Å². The van der Waals surface area contributed by atoms with Crippen molar-refractivity contribution in [2.45, 2.75) is 31.7 Å². The molecule has 0 bridgehead atoms. The van der Waals surface area contributed by atoms with Gasteiger partial charge in [-0.25, -0.2) is 0 Å². The molecule has 3 rings (SSSR count). The molecule has 6 nitrogen and oxygen atoms in total. The van der Waals surface area contributed by atoms with Crippen LogP contribution in [0.25, 0.3) is 0 Å². The van der Waals surface area contributed by atoms with Crippen molar-refractivity contribution < 1.29 is 28.2 Å². The molecule has 2 atom stereocenters. The molecule has 0 unspecified atom stereocenters. The van der Waals surface area contributed by atoms with Gasteiger partial charge in [0.2, 0.25) is 0 Å². The quantitative estimate of drug-likeness (QED) is 0.893. The number of rotatable bonds is 4. The van der Waals surface area contributed by atoms with Gasteiger partial charge >= 0.3 is 12.3 Å². The van der Waals surface area contributed by atoms with Gasteiger partial charge in [-0.1, -0.05) is 6.07 Å². The summed E-state index contributed by atoms with van der Waals surface area (Å²) in [6.07, 6.45) is -2.19. The lowest BCUT2D eigenvalue weighted by molar-refractivity contribution is -0.286. The van der Waals surface area contributed by atoms with Gasteiger partial charge in [-0.3, -0.25) is 9.69 Å². The predicted octanol–water partition coefficient (Wildman–Crippen LogP) is 2.23. The normalized spacial score (nSPS) is 25.8. The van der Waals surface area contributed by atoms with Gasteiger partial charge < -0.3 is 19.5 Å². The Morgan fingerprint density at radius 3 is 2.68 bits per heavy atom. The smallest absolute Gasteiger partial charge is 0.481 e. The fourth-order valence-corrected chi connectivity index (χ4v) is 3.36. The van der Waals surface area contributed by atoms with Gasteiger partial charge in [0.1, 0.15) is 0 Å². The summed E-state index contributed by atoms with van der Waals surface area (Å²) in [5, 5.41) is 9.40. The fraction of sp³-hybridized carbons (Fsp3) is 0.588. The number of carboxylic acids is 1. The third-order valence-corrected chi connectivity index (χ3v) is 4.75. The molecule has 8 heteroatoms. The van der Waals surface area contributed by atoms with Gasteiger partial charge in [0.05, 0.1) is 5.92 Å². The third kappa shape index (κ3) is 4.19. The van der Waals surface area contributed by atoms with E-state index in [1.807, 2.05) is 14.1 Å². The average molecular weight is 356 g/mol. The summed E-state index contributed by atoms with van der Waals surface area (Å²) in [6, 6.07) is 4.94. The first-order chi connectivity index (χ1) is 11.7. The van der Waals surface area contributed by atoms with E-state index < -0.39 is 18.2 Å². The minimum atomic E-state index is -3.63. The van der Waals surface area contributed by atoms with Crippen molar-refractivity contribution in [2.75, 3.05) is 27.2 Å². The highest BCUT2D eigenvalue weighted by atomic mass is 19.3. The van der Waals surface area contributed by atoms with Gasteiger partial charge in [-0.05, 0) is 44.6 Å². The summed E-state index contributed by atoms with van der Waals surface area (Å²) in [4.78, 5) is 15.6. The van der Waals surface area contributed by atoms with E-state index in [2.05, 4.69) is 19.3 Å². The lowest BCUT2D eigenvalue weighted by Crippen LogP contribution is -2.39. The maximum atomic E-state index is 13.1. The summed E-state index contributed by atoms with van der Waals surface area (Å²) >= 11 is 0. The van der Waals surface area contributed by atoms with Crippen LogP contribution in [0.5, 0.6) is 11.5 Å². The van der Waals surface area contributed by atoms with Crippen LogP contribution in [0.4, 0.5) is 8.78 Å². The number of hydrogen-bond donors (Lipinski definition) is 1. The number of aliphatic carboxylic acids is 1. The Bertz CT molecular complexity index is 654. The van der Waals surface area contributed by atoms with Crippen LogP contribution in [-0.2, 0) is 11.3 Å². The lowest BCUT2D eigenvalue weighted by Gasteiger charge is -2.28. The van der Waals surface area contributed by atoms with Crippen LogP contribution in [0, 0.1) is 5.92 Å². The Balaban J connectivity index is 1.75. The average Bonchev–Trinajstić information content (AvgIpc) is 2.68. The number of hydrogen-bond acceptors (Lipinski definition) is 5. The van der Waals surface area contributed by atoms with E-state index in [4.69, 9.17) is 0 Å². The molecular formula is C17H22F2N2O4. The van der Waals surface area contributed by atoms with Gasteiger partial charge in [0.25, 0.3) is 0 Å². The fourth-order valence-electron chi connectivity index (χ4n) is 3.36. The molecule has 0 radical (unpaired) electrons. The molecule has 0 amide bonds. The van der Waals surface area contributed by atoms with Crippen molar-refractivity contribution in [1.82, 2.24) is 9.80 Å². The zero-order valence-corrected chi connectivity index (χ0v) is 14.2. The van der Waals surface area contributed by atoms with Crippen molar-refractivity contribution >= 4 is 5.97 Å². The predicted molar refractivity (Wildman–Crippen MR) is 85.8 cm³/mol. The first-order valence-electron chi connectivity index (χ1n) is 8.24. The molecule has 138 valence electrons. The topological polar surface area (TPSA) is 62.2 Å². The number of carbonyl (C=O) groups is 1. The van der Waals surface area contributed by atoms with Gasteiger partial charge in [-0.15, -0.1) is 8.78 Å². The van der Waals surface area contributed by atoms with Crippen LogP contribution >= 0.6 is 0 Å². The van der Waals surface area contributed by atoms with E-state index >= 15 is 0 Å². The van der Waals surface area contributed by atoms with E-state index in [0.29, 0.717) is 19.5 Å². The SMILES string of the molecule is CN(C)[C@@H]1CC[C@H](C(=O)O)CN(Cc2ccc3c(c2)OC(F)(F)O3)C1. The van der Waals surface area contributed by atoms with Crippen molar-refractivity contribution in [1.29, 1.82) is 0 Å². The van der Waals surface area contributed by atoms with Crippen LogP contribution in [0.1, 0.15) is 18.4 Å². The van der Waals surface area contributed by atoms with Crippen molar-refractivity contribution in [3.05, 3.63) is 23.8 Å². The number of likely N-dealkylation sites (tertiary alicyclic amines) is 1. The minimum Gasteiger partial charge on any atom is -0.481 e. The van der Waals surface area contributed by atoms with E-state index in [1.54, 1.807) is 6.07 Å². The summed E-state index contributed by atoms with van der Waals surface area (Å²) in [7, 11) is 3.96. The minimum absolute atomic E-state index is 0.0104. The highest BCUT2D eigenvalue weighted by Crippen LogP contribution is 2.41. The monoisotopic (exact) mass is 356 g/mol. The molecule has 1 aromatic rings. The number of fused-ring (bicyclic) bond motifs is 1. The van der Waals surface area contributed by atoms with E-state index in [0.717, 1.165) is 18.5 Å². The number of halogens is 2. The molecule has 2 aliphatic heterocycles. The van der Waals surface area contributed by atoms with Crippen molar-refractivity contribution in [3.8, 4) is 11.5 Å². The van der Waals surface area contributed by atoms with E-state index in [1.165, 1.54) is 12.1 Å². The van der Waals surface area contributed by atoms with Gasteiger partial charge in [0, 0.05) is 25.7 Å². The Hall–Kier alpha value is -1.93. The van der Waals surface area contributed by atoms with Crippen LogP contribution in [0.15, 0.2) is 18.2 Å². The molecule has 0 aliphatic carbocycles. The Morgan fingerprint density at radius 1 is 1.28 bits per heavy atom. The number of benzene rings is 1. The van der Waals surface area contributed by atoms with E-state index in [-0.39, 0.29) is 17.5 Å². The molecule has 1 N–H and O–H groups in total. The molecule has 25 heavy (non-hydrogen) atoms. The number of carboxylic acid groups (broad SMARTS) is 1. The van der Waals surface area contributed by atoms with Crippen LogP contribution in [-0.4, -0.2) is 60.4 Å². The highest BCUT2D eigenvalue weighted by Gasteiger charge is 2.43. The zero-order valence-electron chi connectivity index (χ0n) is 14.2. The number of nitrogens with zero attached hydrogens (tertiary/aromatic N) is 2. The van der Waals surface area contributed by atoms with Gasteiger partial charge in [0.15, 0.2) is 11.5 Å². The second-order valence-electron chi connectivity index (χ2n) is 6.87. The number of likely N-dealkylation sites (N-methyl/N-ethyl adjacent to an activating group) is 1. The summed E-state index contributed by atoms with van der Waals surface area (Å²) in [6.45, 7) is 1.63. The Kier molecular flexibility index (Phi) is 4.83. The summed E-state index contributed by atoms with van der Waals surface area (Å²) < 4.78 is 35.2. The molecular weight excluding hydrogens is 334 g/mol. The second kappa shape index (κ2) is 6.76. The van der Waals surface area contributed by atoms with Crippen molar-refractivity contribution in [3.63, 3.8) is 0 Å². The molecule has 0 saturated carbocycles. The first-order valence-corrected chi connectivity index (χ1v) is 8.24. The molecule has 2 heterocycles.